The number of guanidine groups is 1. The Morgan fingerprint density at radius 1 is 1.50 bits per heavy atom. The molecule has 0 bridgehead atoms. The van der Waals surface area contributed by atoms with Crippen LogP contribution in [0.2, 0.25) is 0 Å². The van der Waals surface area contributed by atoms with E-state index in [1.165, 1.54) is 0 Å². The van der Waals surface area contributed by atoms with Crippen LogP contribution in [-0.2, 0) is 4.74 Å². The molecular formula is C12H18N4O2. The van der Waals surface area contributed by atoms with Crippen molar-refractivity contribution < 1.29 is 9.84 Å². The number of rotatable bonds is 2. The molecule has 6 nitrogen and oxygen atoms in total. The molecule has 1 aromatic carbocycles. The Balaban J connectivity index is 2.10. The summed E-state index contributed by atoms with van der Waals surface area (Å²) in [6, 6.07) is 9.58. The summed E-state index contributed by atoms with van der Waals surface area (Å²) >= 11 is 0. The van der Waals surface area contributed by atoms with Crippen LogP contribution in [0.1, 0.15) is 0 Å². The van der Waals surface area contributed by atoms with Crippen LogP contribution in [0, 0.1) is 0 Å². The molecule has 4 N–H and O–H groups in total. The summed E-state index contributed by atoms with van der Waals surface area (Å²) in [6.45, 7) is 1.83. The first-order valence-corrected chi connectivity index (χ1v) is 5.91. The van der Waals surface area contributed by atoms with Gasteiger partial charge in [-0.2, -0.15) is 0 Å². The molecule has 18 heavy (non-hydrogen) atoms. The Morgan fingerprint density at radius 2 is 2.28 bits per heavy atom. The number of hydrazine groups is 1. The zero-order valence-electron chi connectivity index (χ0n) is 10.1. The lowest BCUT2D eigenvalue weighted by molar-refractivity contribution is -0.0348. The van der Waals surface area contributed by atoms with E-state index in [9.17, 15) is 0 Å². The number of benzene rings is 1. The fraction of sp³-hybridized carbons (Fsp3) is 0.417. The minimum absolute atomic E-state index is 0.000309. The zero-order valence-corrected chi connectivity index (χ0v) is 10.1. The molecule has 0 radical (unpaired) electrons. The van der Waals surface area contributed by atoms with Crippen LogP contribution < -0.4 is 11.3 Å². The third-order valence-electron chi connectivity index (χ3n) is 2.76. The number of morpholine rings is 1. The highest BCUT2D eigenvalue weighted by Crippen LogP contribution is 2.12. The maximum absolute atomic E-state index is 9.11. The molecule has 1 atom stereocenters. The molecule has 1 fully saturated rings. The van der Waals surface area contributed by atoms with E-state index in [2.05, 4.69) is 10.4 Å². The number of hydrogen-bond acceptors (Lipinski definition) is 4. The van der Waals surface area contributed by atoms with Crippen LogP contribution in [0.5, 0.6) is 0 Å². The predicted octanol–water partition coefficient (Wildman–Crippen LogP) is -0.170. The SMILES string of the molecule is NNC(=Nc1ccccc1)N1CCOC(CO)C1. The van der Waals surface area contributed by atoms with Crippen LogP contribution in [0.15, 0.2) is 35.3 Å². The van der Waals surface area contributed by atoms with Gasteiger partial charge in [0, 0.05) is 13.1 Å². The van der Waals surface area contributed by atoms with Gasteiger partial charge in [0.25, 0.3) is 0 Å². The summed E-state index contributed by atoms with van der Waals surface area (Å²) in [4.78, 5) is 6.41. The smallest absolute Gasteiger partial charge is 0.213 e. The largest absolute Gasteiger partial charge is 0.394 e. The van der Waals surface area contributed by atoms with Crippen molar-refractivity contribution in [2.24, 2.45) is 10.8 Å². The van der Waals surface area contributed by atoms with Crippen molar-refractivity contribution in [3.8, 4) is 0 Å². The van der Waals surface area contributed by atoms with Gasteiger partial charge in [0.05, 0.1) is 25.0 Å². The molecule has 1 aliphatic heterocycles. The summed E-state index contributed by atoms with van der Waals surface area (Å²) in [5.41, 5.74) is 3.43. The van der Waals surface area contributed by atoms with Crippen LogP contribution in [0.25, 0.3) is 0 Å². The summed E-state index contributed by atoms with van der Waals surface area (Å²) in [5, 5.41) is 9.11. The van der Waals surface area contributed by atoms with Gasteiger partial charge in [-0.25, -0.2) is 10.8 Å². The molecule has 0 amide bonds. The maximum Gasteiger partial charge on any atom is 0.213 e. The van der Waals surface area contributed by atoms with Crippen molar-refractivity contribution >= 4 is 11.6 Å². The quantitative estimate of drug-likeness (QED) is 0.294. The summed E-state index contributed by atoms with van der Waals surface area (Å²) in [7, 11) is 0. The van der Waals surface area contributed by atoms with Crippen molar-refractivity contribution in [1.29, 1.82) is 0 Å². The normalized spacial score (nSPS) is 20.9. The second-order valence-electron chi connectivity index (χ2n) is 4.04. The highest BCUT2D eigenvalue weighted by Gasteiger charge is 2.22. The molecule has 98 valence electrons. The number of aliphatic imine (C=N–C) groups is 1. The number of aliphatic hydroxyl groups is 1. The van der Waals surface area contributed by atoms with Crippen molar-refractivity contribution in [2.45, 2.75) is 6.10 Å². The van der Waals surface area contributed by atoms with Crippen molar-refractivity contribution in [2.75, 3.05) is 26.3 Å². The third kappa shape index (κ3) is 3.19. The number of nitrogens with zero attached hydrogens (tertiary/aromatic N) is 2. The average Bonchev–Trinajstić information content (AvgIpc) is 2.46. The molecule has 0 saturated carbocycles. The Morgan fingerprint density at radius 3 is 2.94 bits per heavy atom. The van der Waals surface area contributed by atoms with Crippen molar-refractivity contribution in [1.82, 2.24) is 10.3 Å². The molecule has 0 aromatic heterocycles. The number of nitrogens with one attached hydrogen (secondary N) is 1. The van der Waals surface area contributed by atoms with Gasteiger partial charge in [-0.3, -0.25) is 5.43 Å². The van der Waals surface area contributed by atoms with E-state index in [1.807, 2.05) is 35.2 Å². The van der Waals surface area contributed by atoms with E-state index in [0.717, 1.165) is 5.69 Å². The van der Waals surface area contributed by atoms with Crippen LogP contribution in [0.4, 0.5) is 5.69 Å². The van der Waals surface area contributed by atoms with E-state index in [0.29, 0.717) is 25.7 Å². The fourth-order valence-corrected chi connectivity index (χ4v) is 1.84. The topological polar surface area (TPSA) is 83.1 Å². The molecule has 1 saturated heterocycles. The minimum atomic E-state index is -0.187. The van der Waals surface area contributed by atoms with Gasteiger partial charge < -0.3 is 14.7 Å². The Kier molecular flexibility index (Phi) is 4.52. The lowest BCUT2D eigenvalue weighted by atomic mass is 10.3. The number of nitrogens with two attached hydrogens (primary N) is 1. The first kappa shape index (κ1) is 12.8. The monoisotopic (exact) mass is 250 g/mol. The average molecular weight is 250 g/mol. The molecule has 2 rings (SSSR count). The Hall–Kier alpha value is -1.63. The maximum atomic E-state index is 9.11. The molecule has 0 spiro atoms. The van der Waals surface area contributed by atoms with Crippen LogP contribution >= 0.6 is 0 Å². The van der Waals surface area contributed by atoms with E-state index in [1.54, 1.807) is 0 Å². The lowest BCUT2D eigenvalue weighted by Gasteiger charge is -2.33. The van der Waals surface area contributed by atoms with Gasteiger partial charge in [0.1, 0.15) is 0 Å². The van der Waals surface area contributed by atoms with Gasteiger partial charge in [0.2, 0.25) is 5.96 Å². The van der Waals surface area contributed by atoms with Gasteiger partial charge in [-0.1, -0.05) is 18.2 Å². The zero-order chi connectivity index (χ0) is 12.8. The van der Waals surface area contributed by atoms with E-state index in [-0.39, 0.29) is 12.7 Å². The molecule has 1 heterocycles. The summed E-state index contributed by atoms with van der Waals surface area (Å²) < 4.78 is 5.39. The van der Waals surface area contributed by atoms with Crippen molar-refractivity contribution in [3.63, 3.8) is 0 Å². The van der Waals surface area contributed by atoms with Gasteiger partial charge >= 0.3 is 0 Å². The molecule has 0 aliphatic carbocycles. The molecule has 1 aromatic rings. The highest BCUT2D eigenvalue weighted by molar-refractivity contribution is 5.82. The Labute approximate surface area is 106 Å². The number of ether oxygens (including phenoxy) is 1. The van der Waals surface area contributed by atoms with E-state index < -0.39 is 0 Å². The summed E-state index contributed by atoms with van der Waals surface area (Å²) in [5.74, 6) is 6.10. The Bertz CT molecular complexity index is 396. The summed E-state index contributed by atoms with van der Waals surface area (Å²) in [6.07, 6.45) is -0.187. The highest BCUT2D eigenvalue weighted by atomic mass is 16.5. The standard InChI is InChI=1S/C12H18N4O2/c13-15-12(14-10-4-2-1-3-5-10)16-6-7-18-11(8-16)9-17/h1-5,11,17H,6-9,13H2,(H,14,15). The molecule has 6 heteroatoms. The predicted molar refractivity (Wildman–Crippen MR) is 69.3 cm³/mol. The lowest BCUT2D eigenvalue weighted by Crippen LogP contribution is -2.52. The fourth-order valence-electron chi connectivity index (χ4n) is 1.84. The number of hydrogen-bond donors (Lipinski definition) is 3. The minimum Gasteiger partial charge on any atom is -0.394 e. The van der Waals surface area contributed by atoms with E-state index >= 15 is 0 Å². The van der Waals surface area contributed by atoms with E-state index in [4.69, 9.17) is 15.7 Å². The van der Waals surface area contributed by atoms with Crippen LogP contribution in [0.3, 0.4) is 0 Å². The first-order chi connectivity index (χ1) is 8.83. The molecular weight excluding hydrogens is 232 g/mol. The van der Waals surface area contributed by atoms with Gasteiger partial charge in [-0.05, 0) is 12.1 Å². The second-order valence-corrected chi connectivity index (χ2v) is 4.04. The number of para-hydroxylation sites is 1. The third-order valence-corrected chi connectivity index (χ3v) is 2.76. The second kappa shape index (κ2) is 6.34. The van der Waals surface area contributed by atoms with Crippen LogP contribution in [-0.4, -0.2) is 48.4 Å². The van der Waals surface area contributed by atoms with Gasteiger partial charge in [-0.15, -0.1) is 0 Å². The number of aliphatic hydroxyl groups excluding tert-OH is 1. The first-order valence-electron chi connectivity index (χ1n) is 5.91. The van der Waals surface area contributed by atoms with Gasteiger partial charge in [0.15, 0.2) is 0 Å². The molecule has 1 aliphatic rings. The van der Waals surface area contributed by atoms with Crippen molar-refractivity contribution in [3.05, 3.63) is 30.3 Å². The molecule has 1 unspecified atom stereocenters.